The Bertz CT molecular complexity index is 802. The first-order chi connectivity index (χ1) is 13.1. The van der Waals surface area contributed by atoms with Crippen LogP contribution in [-0.4, -0.2) is 41.3 Å². The summed E-state index contributed by atoms with van der Waals surface area (Å²) in [5, 5.41) is 4.63. The second-order valence-electron chi connectivity index (χ2n) is 7.36. The van der Waals surface area contributed by atoms with Crippen LogP contribution in [0.15, 0.2) is 24.3 Å². The van der Waals surface area contributed by atoms with Crippen LogP contribution in [0.1, 0.15) is 55.9 Å². The average Bonchev–Trinajstić information content (AvgIpc) is 3.10. The highest BCUT2D eigenvalue weighted by Gasteiger charge is 2.29. The van der Waals surface area contributed by atoms with E-state index in [-0.39, 0.29) is 17.7 Å². The predicted octanol–water partition coefficient (Wildman–Crippen LogP) is 4.37. The molecule has 2 aromatic rings. The van der Waals surface area contributed by atoms with E-state index in [0.29, 0.717) is 23.8 Å². The third-order valence-corrected chi connectivity index (χ3v) is 5.46. The smallest absolute Gasteiger partial charge is 0.270 e. The van der Waals surface area contributed by atoms with Gasteiger partial charge in [-0.3, -0.25) is 9.59 Å². The van der Waals surface area contributed by atoms with E-state index in [1.165, 1.54) is 12.8 Å². The van der Waals surface area contributed by atoms with Crippen molar-refractivity contribution in [2.24, 2.45) is 5.92 Å². The van der Waals surface area contributed by atoms with Crippen molar-refractivity contribution < 1.29 is 9.59 Å². The van der Waals surface area contributed by atoms with Gasteiger partial charge in [0.15, 0.2) is 0 Å². The minimum atomic E-state index is -0.118. The Hall–Kier alpha value is -2.01. The Morgan fingerprint density at radius 3 is 2.93 bits per heavy atom. The number of unbranched alkanes of at least 4 members (excludes halogenated alkanes) is 3. The Labute approximate surface area is 165 Å². The SMILES string of the molecule is CCCCCCNC(=O)C1CCCN(C(=O)c2cc3ccc(Cl)cc3[nH]2)C1. The van der Waals surface area contributed by atoms with E-state index in [1.807, 2.05) is 24.3 Å². The molecule has 0 aliphatic carbocycles. The zero-order valence-corrected chi connectivity index (χ0v) is 16.6. The highest BCUT2D eigenvalue weighted by Crippen LogP contribution is 2.23. The van der Waals surface area contributed by atoms with Crippen LogP contribution < -0.4 is 5.32 Å². The second-order valence-corrected chi connectivity index (χ2v) is 7.79. The summed E-state index contributed by atoms with van der Waals surface area (Å²) in [5.74, 6) is -0.0945. The van der Waals surface area contributed by atoms with Crippen LogP contribution >= 0.6 is 11.6 Å². The molecule has 5 nitrogen and oxygen atoms in total. The lowest BCUT2D eigenvalue weighted by Gasteiger charge is -2.31. The second kappa shape index (κ2) is 9.27. The van der Waals surface area contributed by atoms with Gasteiger partial charge in [-0.2, -0.15) is 0 Å². The molecule has 0 spiro atoms. The van der Waals surface area contributed by atoms with Crippen LogP contribution in [-0.2, 0) is 4.79 Å². The van der Waals surface area contributed by atoms with Crippen LogP contribution in [0.25, 0.3) is 10.9 Å². The standard InChI is InChI=1S/C21H28ClN3O2/c1-2-3-4-5-10-23-20(26)16-7-6-11-25(14-16)21(27)19-12-15-8-9-17(22)13-18(15)24-19/h8-9,12-13,16,24H,2-7,10-11,14H2,1H3,(H,23,26). The number of likely N-dealkylation sites (tertiary alicyclic amines) is 1. The van der Waals surface area contributed by atoms with Gasteiger partial charge in [0.25, 0.3) is 5.91 Å². The van der Waals surface area contributed by atoms with Crippen molar-refractivity contribution in [1.29, 1.82) is 0 Å². The normalized spacial score (nSPS) is 17.3. The molecule has 2 N–H and O–H groups in total. The van der Waals surface area contributed by atoms with Gasteiger partial charge >= 0.3 is 0 Å². The maximum Gasteiger partial charge on any atom is 0.270 e. The lowest BCUT2D eigenvalue weighted by molar-refractivity contribution is -0.126. The molecule has 2 heterocycles. The molecule has 0 bridgehead atoms. The number of hydrogen-bond acceptors (Lipinski definition) is 2. The number of fused-ring (bicyclic) bond motifs is 1. The van der Waals surface area contributed by atoms with Crippen molar-refractivity contribution >= 4 is 34.3 Å². The quantitative estimate of drug-likeness (QED) is 0.690. The lowest BCUT2D eigenvalue weighted by Crippen LogP contribution is -2.45. The van der Waals surface area contributed by atoms with Gasteiger partial charge in [-0.25, -0.2) is 0 Å². The number of hydrogen-bond donors (Lipinski definition) is 2. The number of rotatable bonds is 7. The van der Waals surface area contributed by atoms with Gasteiger partial charge in [-0.05, 0) is 37.5 Å². The minimum absolute atomic E-state index is 0.0530. The third-order valence-electron chi connectivity index (χ3n) is 5.22. The molecule has 0 saturated carbocycles. The maximum absolute atomic E-state index is 12.9. The topological polar surface area (TPSA) is 65.2 Å². The van der Waals surface area contributed by atoms with E-state index in [1.54, 1.807) is 4.90 Å². The van der Waals surface area contributed by atoms with Gasteiger partial charge < -0.3 is 15.2 Å². The number of nitrogens with one attached hydrogen (secondary N) is 2. The van der Waals surface area contributed by atoms with E-state index in [0.717, 1.165) is 43.1 Å². The molecule has 3 rings (SSSR count). The van der Waals surface area contributed by atoms with Crippen LogP contribution in [0, 0.1) is 5.92 Å². The molecule has 0 radical (unpaired) electrons. The lowest BCUT2D eigenvalue weighted by atomic mass is 9.96. The summed E-state index contributed by atoms with van der Waals surface area (Å²) in [6.07, 6.45) is 6.26. The summed E-state index contributed by atoms with van der Waals surface area (Å²) in [6.45, 7) is 4.07. The molecule has 1 saturated heterocycles. The summed E-state index contributed by atoms with van der Waals surface area (Å²) in [4.78, 5) is 30.3. The van der Waals surface area contributed by atoms with Gasteiger partial charge in [-0.15, -0.1) is 0 Å². The largest absolute Gasteiger partial charge is 0.356 e. The number of nitrogens with zero attached hydrogens (tertiary/aromatic N) is 1. The fourth-order valence-corrected chi connectivity index (χ4v) is 3.84. The van der Waals surface area contributed by atoms with Crippen LogP contribution in [0.3, 0.4) is 0 Å². The Morgan fingerprint density at radius 1 is 1.26 bits per heavy atom. The summed E-state index contributed by atoms with van der Waals surface area (Å²) >= 11 is 6.02. The fourth-order valence-electron chi connectivity index (χ4n) is 3.67. The van der Waals surface area contributed by atoms with E-state index in [4.69, 9.17) is 11.6 Å². The summed E-state index contributed by atoms with van der Waals surface area (Å²) < 4.78 is 0. The van der Waals surface area contributed by atoms with Crippen LogP contribution in [0.2, 0.25) is 5.02 Å². The Kier molecular flexibility index (Phi) is 6.78. The zero-order chi connectivity index (χ0) is 19.2. The number of benzene rings is 1. The number of H-pyrrole nitrogens is 1. The van der Waals surface area contributed by atoms with Gasteiger partial charge in [0, 0.05) is 35.6 Å². The zero-order valence-electron chi connectivity index (χ0n) is 15.9. The monoisotopic (exact) mass is 389 g/mol. The molecule has 146 valence electrons. The average molecular weight is 390 g/mol. The molecule has 1 aliphatic rings. The van der Waals surface area contributed by atoms with Gasteiger partial charge in [0.2, 0.25) is 5.91 Å². The molecule has 1 aromatic heterocycles. The number of carbonyl (C=O) groups is 2. The van der Waals surface area contributed by atoms with E-state index in [9.17, 15) is 9.59 Å². The molecule has 1 atom stereocenters. The first-order valence-corrected chi connectivity index (χ1v) is 10.3. The molecule has 1 aromatic carbocycles. The first kappa shape index (κ1) is 19.7. The number of aromatic nitrogens is 1. The van der Waals surface area contributed by atoms with E-state index >= 15 is 0 Å². The minimum Gasteiger partial charge on any atom is -0.356 e. The fraction of sp³-hybridized carbons (Fsp3) is 0.524. The first-order valence-electron chi connectivity index (χ1n) is 9.93. The van der Waals surface area contributed by atoms with E-state index in [2.05, 4.69) is 17.2 Å². The summed E-state index contributed by atoms with van der Waals surface area (Å²) in [7, 11) is 0. The highest BCUT2D eigenvalue weighted by atomic mass is 35.5. The number of piperidine rings is 1. The van der Waals surface area contributed by atoms with Crippen molar-refractivity contribution in [3.8, 4) is 0 Å². The summed E-state index contributed by atoms with van der Waals surface area (Å²) in [6, 6.07) is 7.38. The molecule has 1 aliphatic heterocycles. The Balaban J connectivity index is 1.57. The Morgan fingerprint density at radius 2 is 2.11 bits per heavy atom. The molecule has 1 unspecified atom stereocenters. The molecular weight excluding hydrogens is 362 g/mol. The van der Waals surface area contributed by atoms with Gasteiger partial charge in [-0.1, -0.05) is 43.9 Å². The van der Waals surface area contributed by atoms with Crippen molar-refractivity contribution in [3.63, 3.8) is 0 Å². The maximum atomic E-state index is 12.9. The molecule has 27 heavy (non-hydrogen) atoms. The van der Waals surface area contributed by atoms with Crippen molar-refractivity contribution in [1.82, 2.24) is 15.2 Å². The van der Waals surface area contributed by atoms with Crippen molar-refractivity contribution in [2.45, 2.75) is 45.4 Å². The number of carbonyl (C=O) groups excluding carboxylic acids is 2. The number of aromatic amines is 1. The van der Waals surface area contributed by atoms with Gasteiger partial charge in [0.1, 0.15) is 5.69 Å². The van der Waals surface area contributed by atoms with Crippen molar-refractivity contribution in [2.75, 3.05) is 19.6 Å². The van der Waals surface area contributed by atoms with Crippen LogP contribution in [0.5, 0.6) is 0 Å². The summed E-state index contributed by atoms with van der Waals surface area (Å²) in [5.41, 5.74) is 1.40. The molecular formula is C21H28ClN3O2. The third kappa shape index (κ3) is 5.04. The number of halogens is 1. The van der Waals surface area contributed by atoms with Crippen molar-refractivity contribution in [3.05, 3.63) is 35.0 Å². The molecule has 1 fully saturated rings. The van der Waals surface area contributed by atoms with Gasteiger partial charge in [0.05, 0.1) is 5.92 Å². The highest BCUT2D eigenvalue weighted by molar-refractivity contribution is 6.31. The molecule has 6 heteroatoms. The van der Waals surface area contributed by atoms with Crippen LogP contribution in [0.4, 0.5) is 0 Å². The molecule has 2 amide bonds. The predicted molar refractivity (Wildman–Crippen MR) is 109 cm³/mol. The van der Waals surface area contributed by atoms with E-state index < -0.39 is 0 Å². The number of amides is 2.